The fourth-order valence-corrected chi connectivity index (χ4v) is 3.56. The Morgan fingerprint density at radius 1 is 1.31 bits per heavy atom. The second-order valence-corrected chi connectivity index (χ2v) is 6.00. The van der Waals surface area contributed by atoms with Gasteiger partial charge in [0.25, 0.3) is 0 Å². The van der Waals surface area contributed by atoms with Crippen molar-refractivity contribution < 1.29 is 4.42 Å². The summed E-state index contributed by atoms with van der Waals surface area (Å²) in [5.41, 5.74) is 4.26. The van der Waals surface area contributed by atoms with Crippen molar-refractivity contribution in [2.24, 2.45) is 5.92 Å². The molecule has 2 aliphatic rings. The second kappa shape index (κ2) is 3.76. The number of hydrogen-bond acceptors (Lipinski definition) is 1. The van der Waals surface area contributed by atoms with Crippen molar-refractivity contribution in [3.8, 4) is 0 Å². The predicted octanol–water partition coefficient (Wildman–Crippen LogP) is 4.60. The summed E-state index contributed by atoms with van der Waals surface area (Å²) < 4.78 is 7.34. The molecular weight excluding hydrogens is 311 g/mol. The first kappa shape index (κ1) is 10.6. The van der Waals surface area contributed by atoms with Crippen LogP contribution >= 0.6 is 22.6 Å². The van der Waals surface area contributed by atoms with Crippen molar-refractivity contribution in [1.82, 2.24) is 0 Å². The van der Waals surface area contributed by atoms with Gasteiger partial charge in [0.1, 0.15) is 11.5 Å². The molecule has 1 aromatic heterocycles. The molecule has 0 fully saturated rings. The molecule has 0 amide bonds. The monoisotopic (exact) mass is 326 g/mol. The van der Waals surface area contributed by atoms with E-state index >= 15 is 0 Å². The van der Waals surface area contributed by atoms with Crippen LogP contribution < -0.4 is 0 Å². The topological polar surface area (TPSA) is 13.1 Å². The lowest BCUT2D eigenvalue weighted by Gasteiger charge is -2.16. The van der Waals surface area contributed by atoms with Crippen molar-refractivity contribution in [2.75, 3.05) is 0 Å². The fourth-order valence-electron chi connectivity index (χ4n) is 2.81. The molecule has 0 aromatic carbocycles. The summed E-state index contributed by atoms with van der Waals surface area (Å²) in [5.74, 6) is 2.93. The van der Waals surface area contributed by atoms with Gasteiger partial charge in [-0.05, 0) is 60.3 Å². The van der Waals surface area contributed by atoms with Gasteiger partial charge in [0.15, 0.2) is 0 Å². The summed E-state index contributed by atoms with van der Waals surface area (Å²) in [6.45, 7) is 4.45. The number of rotatable bonds is 0. The van der Waals surface area contributed by atoms with E-state index in [1.54, 1.807) is 0 Å². The van der Waals surface area contributed by atoms with Crippen molar-refractivity contribution in [1.29, 1.82) is 0 Å². The average molecular weight is 326 g/mol. The van der Waals surface area contributed by atoms with E-state index < -0.39 is 0 Å². The maximum Gasteiger partial charge on any atom is 0.144 e. The van der Waals surface area contributed by atoms with Crippen LogP contribution in [0.25, 0.3) is 9.15 Å². The standard InChI is InChI=1S/C14H15IO/c1-8-6-9(2)13-11(7-8)10-4-3-5-12(15)14(10)16-13/h5-6,8H,3-4,7H2,1-2H3/t8-/m0/s1. The highest BCUT2D eigenvalue weighted by molar-refractivity contribution is 14.1. The van der Waals surface area contributed by atoms with Crippen LogP contribution in [0.2, 0.25) is 0 Å². The van der Waals surface area contributed by atoms with Gasteiger partial charge in [0, 0.05) is 11.1 Å². The Balaban J connectivity index is 2.20. The normalized spacial score (nSPS) is 23.3. The zero-order valence-electron chi connectivity index (χ0n) is 9.64. The van der Waals surface area contributed by atoms with E-state index in [2.05, 4.69) is 48.6 Å². The summed E-state index contributed by atoms with van der Waals surface area (Å²) in [5, 5.41) is 0. The van der Waals surface area contributed by atoms with Crippen LogP contribution in [0.1, 0.15) is 42.9 Å². The molecular formula is C14H15IO. The Labute approximate surface area is 110 Å². The first-order chi connectivity index (χ1) is 7.66. The maximum absolute atomic E-state index is 6.06. The van der Waals surface area contributed by atoms with Gasteiger partial charge in [-0.2, -0.15) is 0 Å². The van der Waals surface area contributed by atoms with Crippen molar-refractivity contribution in [2.45, 2.75) is 33.1 Å². The highest BCUT2D eigenvalue weighted by Gasteiger charge is 2.27. The lowest BCUT2D eigenvalue weighted by atomic mass is 9.87. The van der Waals surface area contributed by atoms with E-state index in [4.69, 9.17) is 4.42 Å². The number of halogens is 1. The van der Waals surface area contributed by atoms with Gasteiger partial charge in [-0.3, -0.25) is 0 Å². The van der Waals surface area contributed by atoms with Gasteiger partial charge in [-0.1, -0.05) is 19.1 Å². The molecule has 0 bridgehead atoms. The molecule has 2 heteroatoms. The van der Waals surface area contributed by atoms with Crippen LogP contribution in [0.15, 0.2) is 16.6 Å². The molecule has 0 spiro atoms. The molecule has 84 valence electrons. The minimum Gasteiger partial charge on any atom is -0.455 e. The molecule has 0 saturated heterocycles. The SMILES string of the molecule is CC1=C[C@H](C)Cc2c1oc1c2CCC=C1I. The zero-order chi connectivity index (χ0) is 11.3. The first-order valence-corrected chi connectivity index (χ1v) is 6.94. The minimum absolute atomic E-state index is 0.651. The largest absolute Gasteiger partial charge is 0.455 e. The third-order valence-corrected chi connectivity index (χ3v) is 4.40. The molecule has 2 aliphatic carbocycles. The van der Waals surface area contributed by atoms with Gasteiger partial charge in [0.05, 0.1) is 3.58 Å². The second-order valence-electron chi connectivity index (χ2n) is 4.84. The number of furan rings is 1. The summed E-state index contributed by atoms with van der Waals surface area (Å²) in [6, 6.07) is 0. The summed E-state index contributed by atoms with van der Waals surface area (Å²) in [6.07, 6.45) is 8.07. The highest BCUT2D eigenvalue weighted by atomic mass is 127. The lowest BCUT2D eigenvalue weighted by molar-refractivity contribution is 0.527. The van der Waals surface area contributed by atoms with Crippen LogP contribution in [0, 0.1) is 5.92 Å². The van der Waals surface area contributed by atoms with Crippen LogP contribution in [-0.2, 0) is 12.8 Å². The molecule has 0 radical (unpaired) electrons. The summed E-state index contributed by atoms with van der Waals surface area (Å²) in [4.78, 5) is 0. The maximum atomic E-state index is 6.06. The van der Waals surface area contributed by atoms with Crippen molar-refractivity contribution >= 4 is 31.7 Å². The first-order valence-electron chi connectivity index (χ1n) is 5.86. The molecule has 1 heterocycles. The van der Waals surface area contributed by atoms with E-state index in [9.17, 15) is 0 Å². The molecule has 0 saturated carbocycles. The molecule has 0 N–H and O–H groups in total. The van der Waals surface area contributed by atoms with Crippen molar-refractivity contribution in [3.63, 3.8) is 0 Å². The molecule has 0 aliphatic heterocycles. The van der Waals surface area contributed by atoms with Gasteiger partial charge in [0.2, 0.25) is 0 Å². The van der Waals surface area contributed by atoms with Gasteiger partial charge < -0.3 is 4.42 Å². The third kappa shape index (κ3) is 1.50. The van der Waals surface area contributed by atoms with Gasteiger partial charge in [-0.25, -0.2) is 0 Å². The average Bonchev–Trinajstić information content (AvgIpc) is 2.59. The van der Waals surface area contributed by atoms with Crippen LogP contribution in [-0.4, -0.2) is 0 Å². The smallest absolute Gasteiger partial charge is 0.144 e. The van der Waals surface area contributed by atoms with Crippen molar-refractivity contribution in [3.05, 3.63) is 34.8 Å². The number of fused-ring (bicyclic) bond motifs is 3. The fraction of sp³-hybridized carbons (Fsp3) is 0.429. The molecule has 16 heavy (non-hydrogen) atoms. The van der Waals surface area contributed by atoms with E-state index in [1.807, 2.05) is 0 Å². The highest BCUT2D eigenvalue weighted by Crippen LogP contribution is 2.41. The molecule has 0 unspecified atom stereocenters. The van der Waals surface area contributed by atoms with Gasteiger partial charge >= 0.3 is 0 Å². The lowest BCUT2D eigenvalue weighted by Crippen LogP contribution is -2.06. The molecule has 3 rings (SSSR count). The summed E-state index contributed by atoms with van der Waals surface area (Å²) in [7, 11) is 0. The summed E-state index contributed by atoms with van der Waals surface area (Å²) >= 11 is 2.39. The van der Waals surface area contributed by atoms with Crippen LogP contribution in [0.4, 0.5) is 0 Å². The Morgan fingerprint density at radius 3 is 2.94 bits per heavy atom. The Bertz CT molecular complexity index is 505. The quantitative estimate of drug-likeness (QED) is 0.635. The Morgan fingerprint density at radius 2 is 2.12 bits per heavy atom. The van der Waals surface area contributed by atoms with E-state index in [0.29, 0.717) is 5.92 Å². The van der Waals surface area contributed by atoms with Crippen LogP contribution in [0.3, 0.4) is 0 Å². The Kier molecular flexibility index (Phi) is 2.50. The molecule has 1 nitrogen and oxygen atoms in total. The van der Waals surface area contributed by atoms with E-state index in [0.717, 1.165) is 30.8 Å². The Hall–Kier alpha value is -0.510. The van der Waals surface area contributed by atoms with E-state index in [-0.39, 0.29) is 0 Å². The minimum atomic E-state index is 0.651. The van der Waals surface area contributed by atoms with Gasteiger partial charge in [-0.15, -0.1) is 0 Å². The molecule has 1 atom stereocenters. The zero-order valence-corrected chi connectivity index (χ0v) is 11.8. The number of allylic oxidation sites excluding steroid dienone is 3. The van der Waals surface area contributed by atoms with Crippen LogP contribution in [0.5, 0.6) is 0 Å². The molecule has 1 aromatic rings. The third-order valence-electron chi connectivity index (χ3n) is 3.47. The predicted molar refractivity (Wildman–Crippen MR) is 75.5 cm³/mol. The van der Waals surface area contributed by atoms with E-state index in [1.165, 1.54) is 20.3 Å². The number of hydrogen-bond donors (Lipinski definition) is 0.